The highest BCUT2D eigenvalue weighted by molar-refractivity contribution is 5.87. The number of carbonyl (C=O) groups is 3. The van der Waals surface area contributed by atoms with Gasteiger partial charge in [0.05, 0.1) is 19.6 Å². The molecule has 1 fully saturated rings. The van der Waals surface area contributed by atoms with Gasteiger partial charge in [-0.2, -0.15) is 0 Å². The highest BCUT2D eigenvalue weighted by Crippen LogP contribution is 2.19. The zero-order valence-electron chi connectivity index (χ0n) is 15.9. The first-order valence-corrected chi connectivity index (χ1v) is 8.88. The summed E-state index contributed by atoms with van der Waals surface area (Å²) in [5, 5.41) is 9.13. The molecule has 1 aromatic rings. The van der Waals surface area contributed by atoms with Crippen LogP contribution >= 0.6 is 0 Å². The molecule has 0 radical (unpaired) electrons. The Morgan fingerprint density at radius 3 is 2.48 bits per heavy atom. The first kappa shape index (κ1) is 20.5. The molecule has 1 saturated heterocycles. The lowest BCUT2D eigenvalue weighted by Crippen LogP contribution is -2.48. The average Bonchev–Trinajstić information content (AvgIpc) is 2.67. The number of hydrogen-bond acceptors (Lipinski definition) is 5. The molecule has 1 heterocycles. The molecule has 8 nitrogen and oxygen atoms in total. The second-order valence-corrected chi connectivity index (χ2v) is 6.65. The van der Waals surface area contributed by atoms with Crippen LogP contribution in [0.15, 0.2) is 24.3 Å². The number of methoxy groups -OCH3 is 1. The van der Waals surface area contributed by atoms with E-state index >= 15 is 0 Å². The van der Waals surface area contributed by atoms with Crippen LogP contribution in [0.3, 0.4) is 0 Å². The normalized spacial score (nSPS) is 17.7. The van der Waals surface area contributed by atoms with Gasteiger partial charge in [0, 0.05) is 20.1 Å². The van der Waals surface area contributed by atoms with Crippen molar-refractivity contribution >= 4 is 17.8 Å². The SMILES string of the molecule is COc1ccc(OC(C)C(=O)N(C)CC(=O)N2CCCC(C(=O)O)C2)cc1. The largest absolute Gasteiger partial charge is 0.497 e. The second-order valence-electron chi connectivity index (χ2n) is 6.65. The molecule has 27 heavy (non-hydrogen) atoms. The number of carbonyl (C=O) groups excluding carboxylic acids is 2. The fourth-order valence-electron chi connectivity index (χ4n) is 3.01. The van der Waals surface area contributed by atoms with E-state index in [4.69, 9.17) is 14.6 Å². The minimum absolute atomic E-state index is 0.110. The molecule has 0 aromatic heterocycles. The quantitative estimate of drug-likeness (QED) is 0.767. The molecule has 1 aliphatic heterocycles. The predicted molar refractivity (Wildman–Crippen MR) is 97.7 cm³/mol. The van der Waals surface area contributed by atoms with E-state index in [1.165, 1.54) is 16.8 Å². The number of amides is 2. The first-order valence-electron chi connectivity index (χ1n) is 8.88. The van der Waals surface area contributed by atoms with E-state index in [-0.39, 0.29) is 24.9 Å². The molecule has 8 heteroatoms. The van der Waals surface area contributed by atoms with Gasteiger partial charge in [0.25, 0.3) is 5.91 Å². The number of aliphatic carboxylic acids is 1. The number of ether oxygens (including phenoxy) is 2. The fourth-order valence-corrected chi connectivity index (χ4v) is 3.01. The maximum atomic E-state index is 12.5. The van der Waals surface area contributed by atoms with Crippen molar-refractivity contribution in [1.29, 1.82) is 0 Å². The number of hydrogen-bond donors (Lipinski definition) is 1. The van der Waals surface area contributed by atoms with Crippen molar-refractivity contribution in [3.05, 3.63) is 24.3 Å². The molecule has 148 valence electrons. The van der Waals surface area contributed by atoms with Crippen LogP contribution in [0, 0.1) is 5.92 Å². The Hall–Kier alpha value is -2.77. The number of nitrogens with zero attached hydrogens (tertiary/aromatic N) is 2. The summed E-state index contributed by atoms with van der Waals surface area (Å²) >= 11 is 0. The second kappa shape index (κ2) is 9.25. The third-order valence-corrected chi connectivity index (χ3v) is 4.59. The van der Waals surface area contributed by atoms with Gasteiger partial charge in [0.2, 0.25) is 5.91 Å². The van der Waals surface area contributed by atoms with Crippen molar-refractivity contribution in [3.63, 3.8) is 0 Å². The number of piperidine rings is 1. The van der Waals surface area contributed by atoms with Gasteiger partial charge in [0.1, 0.15) is 11.5 Å². The van der Waals surface area contributed by atoms with Crippen molar-refractivity contribution in [1.82, 2.24) is 9.80 Å². The van der Waals surface area contributed by atoms with Gasteiger partial charge in [-0.25, -0.2) is 0 Å². The lowest BCUT2D eigenvalue weighted by molar-refractivity contribution is -0.148. The minimum Gasteiger partial charge on any atom is -0.497 e. The zero-order valence-corrected chi connectivity index (χ0v) is 15.9. The van der Waals surface area contributed by atoms with Crippen molar-refractivity contribution < 1.29 is 29.0 Å². The summed E-state index contributed by atoms with van der Waals surface area (Å²) in [6, 6.07) is 6.87. The van der Waals surface area contributed by atoms with Crippen LogP contribution < -0.4 is 9.47 Å². The number of benzene rings is 1. The maximum Gasteiger partial charge on any atom is 0.308 e. The molecule has 1 aliphatic rings. The smallest absolute Gasteiger partial charge is 0.308 e. The monoisotopic (exact) mass is 378 g/mol. The molecule has 0 saturated carbocycles. The van der Waals surface area contributed by atoms with Crippen molar-refractivity contribution in [2.24, 2.45) is 5.92 Å². The average molecular weight is 378 g/mol. The molecular formula is C19H26N2O6. The molecular weight excluding hydrogens is 352 g/mol. The van der Waals surface area contributed by atoms with Crippen molar-refractivity contribution in [2.45, 2.75) is 25.9 Å². The van der Waals surface area contributed by atoms with Crippen molar-refractivity contribution in [2.75, 3.05) is 33.8 Å². The predicted octanol–water partition coefficient (Wildman–Crippen LogP) is 1.24. The number of likely N-dealkylation sites (N-methyl/N-ethyl adjacent to an activating group) is 1. The van der Waals surface area contributed by atoms with Crippen LogP contribution in [-0.2, 0) is 14.4 Å². The lowest BCUT2D eigenvalue weighted by atomic mass is 9.98. The first-order chi connectivity index (χ1) is 12.8. The Kier molecular flexibility index (Phi) is 7.04. The summed E-state index contributed by atoms with van der Waals surface area (Å²) < 4.78 is 10.7. The Morgan fingerprint density at radius 2 is 1.89 bits per heavy atom. The van der Waals surface area contributed by atoms with Gasteiger partial charge >= 0.3 is 5.97 Å². The molecule has 0 bridgehead atoms. The van der Waals surface area contributed by atoms with Gasteiger partial charge in [-0.3, -0.25) is 14.4 Å². The third kappa shape index (κ3) is 5.60. The summed E-state index contributed by atoms with van der Waals surface area (Å²) in [5.41, 5.74) is 0. The van der Waals surface area contributed by atoms with Crippen LogP contribution in [0.25, 0.3) is 0 Å². The van der Waals surface area contributed by atoms with Crippen LogP contribution in [-0.4, -0.2) is 72.6 Å². The van der Waals surface area contributed by atoms with E-state index in [2.05, 4.69) is 0 Å². The maximum absolute atomic E-state index is 12.5. The summed E-state index contributed by atoms with van der Waals surface area (Å²) in [6.45, 7) is 2.22. The Balaban J connectivity index is 1.87. The molecule has 1 aromatic carbocycles. The van der Waals surface area contributed by atoms with E-state index in [0.717, 1.165) is 0 Å². The van der Waals surface area contributed by atoms with E-state index in [1.807, 2.05) is 0 Å². The van der Waals surface area contributed by atoms with Gasteiger partial charge < -0.3 is 24.4 Å². The third-order valence-electron chi connectivity index (χ3n) is 4.59. The van der Waals surface area contributed by atoms with Crippen LogP contribution in [0.4, 0.5) is 0 Å². The van der Waals surface area contributed by atoms with Crippen LogP contribution in [0.2, 0.25) is 0 Å². The van der Waals surface area contributed by atoms with Gasteiger partial charge in [-0.1, -0.05) is 0 Å². The van der Waals surface area contributed by atoms with E-state index in [0.29, 0.717) is 30.9 Å². The lowest BCUT2D eigenvalue weighted by Gasteiger charge is -2.32. The van der Waals surface area contributed by atoms with Gasteiger partial charge in [0.15, 0.2) is 6.10 Å². The Morgan fingerprint density at radius 1 is 1.26 bits per heavy atom. The molecule has 2 rings (SSSR count). The number of likely N-dealkylation sites (tertiary alicyclic amines) is 1. The summed E-state index contributed by atoms with van der Waals surface area (Å²) in [6.07, 6.45) is 0.460. The summed E-state index contributed by atoms with van der Waals surface area (Å²) in [7, 11) is 3.10. The molecule has 0 spiro atoms. The molecule has 1 N–H and O–H groups in total. The van der Waals surface area contributed by atoms with E-state index < -0.39 is 18.0 Å². The van der Waals surface area contributed by atoms with Gasteiger partial charge in [-0.05, 0) is 44.0 Å². The summed E-state index contributed by atoms with van der Waals surface area (Å²) in [5.74, 6) is -0.805. The fraction of sp³-hybridized carbons (Fsp3) is 0.526. The van der Waals surface area contributed by atoms with E-state index in [1.54, 1.807) is 38.3 Å². The molecule has 0 aliphatic carbocycles. The van der Waals surface area contributed by atoms with Crippen LogP contribution in [0.1, 0.15) is 19.8 Å². The number of rotatable bonds is 7. The minimum atomic E-state index is -0.890. The van der Waals surface area contributed by atoms with Gasteiger partial charge in [-0.15, -0.1) is 0 Å². The van der Waals surface area contributed by atoms with Crippen LogP contribution in [0.5, 0.6) is 11.5 Å². The standard InChI is InChI=1S/C19H26N2O6/c1-13(27-16-8-6-15(26-3)7-9-16)18(23)20(2)12-17(22)21-10-4-5-14(11-21)19(24)25/h6-9,13-14H,4-5,10-12H2,1-3H3,(H,24,25). The number of carboxylic acid groups (broad SMARTS) is 1. The Bertz CT molecular complexity index is 675. The molecule has 2 atom stereocenters. The number of carboxylic acids is 1. The van der Waals surface area contributed by atoms with Crippen molar-refractivity contribution in [3.8, 4) is 11.5 Å². The molecule has 2 amide bonds. The molecule has 2 unspecified atom stereocenters. The topological polar surface area (TPSA) is 96.4 Å². The zero-order chi connectivity index (χ0) is 20.0. The highest BCUT2D eigenvalue weighted by atomic mass is 16.5. The highest BCUT2D eigenvalue weighted by Gasteiger charge is 2.29. The summed E-state index contributed by atoms with van der Waals surface area (Å²) in [4.78, 5) is 38.8. The van der Waals surface area contributed by atoms with E-state index in [9.17, 15) is 14.4 Å². The Labute approximate surface area is 158 Å².